The summed E-state index contributed by atoms with van der Waals surface area (Å²) in [6.07, 6.45) is 3.17. The van der Waals surface area contributed by atoms with Gasteiger partial charge in [0.25, 0.3) is 0 Å². The van der Waals surface area contributed by atoms with E-state index in [0.717, 1.165) is 25.2 Å². The summed E-state index contributed by atoms with van der Waals surface area (Å²) in [5.41, 5.74) is 1.31. The number of pyridine rings is 1. The minimum absolute atomic E-state index is 0.206. The van der Waals surface area contributed by atoms with Crippen molar-refractivity contribution in [2.45, 2.75) is 25.8 Å². The zero-order chi connectivity index (χ0) is 13.0. The molecule has 0 bridgehead atoms. The zero-order valence-corrected chi connectivity index (χ0v) is 10.4. The van der Waals surface area contributed by atoms with Crippen LogP contribution in [0, 0.1) is 11.3 Å². The number of aromatic nitrogens is 1. The molecule has 5 nitrogen and oxygen atoms in total. The molecule has 1 aliphatic rings. The van der Waals surface area contributed by atoms with E-state index in [-0.39, 0.29) is 11.9 Å². The number of anilines is 1. The minimum Gasteiger partial charge on any atom is -0.379 e. The van der Waals surface area contributed by atoms with Crippen LogP contribution in [0.3, 0.4) is 0 Å². The molecule has 1 saturated heterocycles. The Morgan fingerprint density at radius 3 is 3.11 bits per heavy atom. The van der Waals surface area contributed by atoms with Gasteiger partial charge >= 0.3 is 0 Å². The van der Waals surface area contributed by atoms with E-state index in [0.29, 0.717) is 12.1 Å². The lowest BCUT2D eigenvalue weighted by Crippen LogP contribution is -2.30. The van der Waals surface area contributed by atoms with Crippen LogP contribution in [-0.2, 0) is 4.79 Å². The first-order valence-corrected chi connectivity index (χ1v) is 6.13. The van der Waals surface area contributed by atoms with Crippen molar-refractivity contribution in [1.29, 1.82) is 5.26 Å². The smallest absolute Gasteiger partial charge is 0.222 e. The fourth-order valence-electron chi connectivity index (χ4n) is 2.11. The van der Waals surface area contributed by atoms with Gasteiger partial charge in [-0.05, 0) is 18.6 Å². The normalized spacial score (nSPS) is 18.4. The lowest BCUT2D eigenvalue weighted by atomic mass is 10.2. The summed E-state index contributed by atoms with van der Waals surface area (Å²) < 4.78 is 0. The maximum atomic E-state index is 11.5. The van der Waals surface area contributed by atoms with E-state index >= 15 is 0 Å². The first-order chi connectivity index (χ1) is 8.72. The summed E-state index contributed by atoms with van der Waals surface area (Å²) in [4.78, 5) is 17.4. The molecule has 1 aromatic heterocycles. The standard InChI is InChI=1S/C13H16N4O/c1-2-13(18)17-6-5-12(9-17)16-11-4-3-10(7-14)15-8-11/h3-4,8,12,16H,2,5-6,9H2,1H3/t12-/m0/s1. The van der Waals surface area contributed by atoms with E-state index in [1.807, 2.05) is 24.0 Å². The lowest BCUT2D eigenvalue weighted by Gasteiger charge is -2.16. The van der Waals surface area contributed by atoms with Gasteiger partial charge in [0.15, 0.2) is 0 Å². The van der Waals surface area contributed by atoms with Crippen molar-refractivity contribution in [2.24, 2.45) is 0 Å². The molecule has 18 heavy (non-hydrogen) atoms. The summed E-state index contributed by atoms with van der Waals surface area (Å²) in [5, 5.41) is 12.0. The van der Waals surface area contributed by atoms with Crippen molar-refractivity contribution >= 4 is 11.6 Å². The molecule has 1 aromatic rings. The van der Waals surface area contributed by atoms with Crippen LogP contribution in [0.2, 0.25) is 0 Å². The van der Waals surface area contributed by atoms with E-state index < -0.39 is 0 Å². The molecule has 1 atom stereocenters. The molecule has 0 saturated carbocycles. The monoisotopic (exact) mass is 244 g/mol. The Morgan fingerprint density at radius 2 is 2.50 bits per heavy atom. The first-order valence-electron chi connectivity index (χ1n) is 6.13. The number of nitrogens with zero attached hydrogens (tertiary/aromatic N) is 3. The number of hydrogen-bond acceptors (Lipinski definition) is 4. The number of nitrogens with one attached hydrogen (secondary N) is 1. The zero-order valence-electron chi connectivity index (χ0n) is 10.4. The van der Waals surface area contributed by atoms with Gasteiger partial charge in [-0.15, -0.1) is 0 Å². The van der Waals surface area contributed by atoms with Crippen LogP contribution in [0.25, 0.3) is 0 Å². The maximum Gasteiger partial charge on any atom is 0.222 e. The van der Waals surface area contributed by atoms with Crippen molar-refractivity contribution in [2.75, 3.05) is 18.4 Å². The van der Waals surface area contributed by atoms with E-state index in [4.69, 9.17) is 5.26 Å². The molecule has 1 fully saturated rings. The number of hydrogen-bond donors (Lipinski definition) is 1. The highest BCUT2D eigenvalue weighted by Gasteiger charge is 2.24. The molecule has 5 heteroatoms. The summed E-state index contributed by atoms with van der Waals surface area (Å²) in [6.45, 7) is 3.44. The fraction of sp³-hybridized carbons (Fsp3) is 0.462. The van der Waals surface area contributed by atoms with Crippen molar-refractivity contribution in [1.82, 2.24) is 9.88 Å². The van der Waals surface area contributed by atoms with Gasteiger partial charge in [0.1, 0.15) is 11.8 Å². The van der Waals surface area contributed by atoms with Crippen LogP contribution < -0.4 is 5.32 Å². The Morgan fingerprint density at radius 1 is 1.67 bits per heavy atom. The van der Waals surface area contributed by atoms with Crippen LogP contribution in [0.1, 0.15) is 25.5 Å². The van der Waals surface area contributed by atoms with Crippen LogP contribution in [0.4, 0.5) is 5.69 Å². The lowest BCUT2D eigenvalue weighted by molar-refractivity contribution is -0.129. The van der Waals surface area contributed by atoms with E-state index in [2.05, 4.69) is 10.3 Å². The van der Waals surface area contributed by atoms with Crippen LogP contribution in [0.15, 0.2) is 18.3 Å². The molecule has 0 spiro atoms. The second-order valence-corrected chi connectivity index (χ2v) is 4.37. The number of likely N-dealkylation sites (tertiary alicyclic amines) is 1. The number of carbonyl (C=O) groups is 1. The van der Waals surface area contributed by atoms with Gasteiger partial charge in [-0.1, -0.05) is 6.92 Å². The highest BCUT2D eigenvalue weighted by Crippen LogP contribution is 2.16. The van der Waals surface area contributed by atoms with Gasteiger partial charge in [-0.3, -0.25) is 4.79 Å². The minimum atomic E-state index is 0.206. The van der Waals surface area contributed by atoms with Crippen molar-refractivity contribution in [3.8, 4) is 6.07 Å². The van der Waals surface area contributed by atoms with E-state index in [1.165, 1.54) is 0 Å². The fourth-order valence-corrected chi connectivity index (χ4v) is 2.11. The number of nitriles is 1. The molecule has 0 radical (unpaired) electrons. The van der Waals surface area contributed by atoms with E-state index in [1.54, 1.807) is 12.3 Å². The topological polar surface area (TPSA) is 69.0 Å². The summed E-state index contributed by atoms with van der Waals surface area (Å²) >= 11 is 0. The Bertz CT molecular complexity index is 463. The molecule has 0 aliphatic carbocycles. The Balaban J connectivity index is 1.91. The highest BCUT2D eigenvalue weighted by molar-refractivity contribution is 5.76. The molecular formula is C13H16N4O. The number of amides is 1. The molecule has 94 valence electrons. The highest BCUT2D eigenvalue weighted by atomic mass is 16.2. The largest absolute Gasteiger partial charge is 0.379 e. The average Bonchev–Trinajstić information content (AvgIpc) is 2.87. The summed E-state index contributed by atoms with van der Waals surface area (Å²) in [7, 11) is 0. The van der Waals surface area contributed by atoms with Gasteiger partial charge in [-0.25, -0.2) is 4.98 Å². The third-order valence-electron chi connectivity index (χ3n) is 3.09. The van der Waals surface area contributed by atoms with Gasteiger partial charge in [0.2, 0.25) is 5.91 Å². The van der Waals surface area contributed by atoms with Crippen molar-refractivity contribution in [3.05, 3.63) is 24.0 Å². The van der Waals surface area contributed by atoms with Crippen molar-refractivity contribution in [3.63, 3.8) is 0 Å². The first kappa shape index (κ1) is 12.4. The average molecular weight is 244 g/mol. The molecule has 1 amide bonds. The second kappa shape index (κ2) is 5.50. The SMILES string of the molecule is CCC(=O)N1CC[C@H](Nc2ccc(C#N)nc2)C1. The summed E-state index contributed by atoms with van der Waals surface area (Å²) in [5.74, 6) is 0.206. The Kier molecular flexibility index (Phi) is 3.78. The summed E-state index contributed by atoms with van der Waals surface area (Å²) in [6, 6.07) is 5.79. The Labute approximate surface area is 106 Å². The number of rotatable bonds is 3. The third-order valence-corrected chi connectivity index (χ3v) is 3.09. The van der Waals surface area contributed by atoms with Crippen molar-refractivity contribution < 1.29 is 4.79 Å². The van der Waals surface area contributed by atoms with Gasteiger partial charge in [-0.2, -0.15) is 5.26 Å². The predicted octanol–water partition coefficient (Wildman–Crippen LogP) is 1.38. The molecule has 1 aliphatic heterocycles. The molecule has 1 N–H and O–H groups in total. The van der Waals surface area contributed by atoms with Gasteiger partial charge in [0, 0.05) is 25.6 Å². The molecular weight excluding hydrogens is 228 g/mol. The third kappa shape index (κ3) is 2.77. The quantitative estimate of drug-likeness (QED) is 0.872. The molecule has 2 heterocycles. The predicted molar refractivity (Wildman–Crippen MR) is 67.9 cm³/mol. The Hall–Kier alpha value is -2.09. The molecule has 0 aromatic carbocycles. The van der Waals surface area contributed by atoms with Gasteiger partial charge < -0.3 is 10.2 Å². The van der Waals surface area contributed by atoms with Crippen LogP contribution >= 0.6 is 0 Å². The maximum absolute atomic E-state index is 11.5. The van der Waals surface area contributed by atoms with E-state index in [9.17, 15) is 4.79 Å². The second-order valence-electron chi connectivity index (χ2n) is 4.37. The molecule has 0 unspecified atom stereocenters. The van der Waals surface area contributed by atoms with Crippen LogP contribution in [-0.4, -0.2) is 34.9 Å². The molecule has 2 rings (SSSR count). The van der Waals surface area contributed by atoms with Gasteiger partial charge in [0.05, 0.1) is 11.9 Å². The number of carbonyl (C=O) groups excluding carboxylic acids is 1. The van der Waals surface area contributed by atoms with Crippen LogP contribution in [0.5, 0.6) is 0 Å².